The standard InChI is InChI=1S/C18H23NO4/c1-12(13-6-8-23-9-7-13)17(20)19-11-15-5-3-2-4-14(15)10-16(19)18(21)22/h2-5,12-13,16H,6-11H2,1H3,(H,21,22). The topological polar surface area (TPSA) is 66.8 Å². The number of carboxylic acid groups (broad SMARTS) is 1. The Balaban J connectivity index is 1.81. The summed E-state index contributed by atoms with van der Waals surface area (Å²) in [6, 6.07) is 7.02. The van der Waals surface area contributed by atoms with Gasteiger partial charge < -0.3 is 14.7 Å². The summed E-state index contributed by atoms with van der Waals surface area (Å²) in [5.41, 5.74) is 2.08. The molecule has 0 radical (unpaired) electrons. The first-order valence-electron chi connectivity index (χ1n) is 8.25. The zero-order valence-corrected chi connectivity index (χ0v) is 13.4. The van der Waals surface area contributed by atoms with Crippen LogP contribution in [0.15, 0.2) is 24.3 Å². The molecule has 0 aliphatic carbocycles. The van der Waals surface area contributed by atoms with Crippen molar-refractivity contribution < 1.29 is 19.4 Å². The van der Waals surface area contributed by atoms with Crippen molar-refractivity contribution in [3.8, 4) is 0 Å². The monoisotopic (exact) mass is 317 g/mol. The fourth-order valence-corrected chi connectivity index (χ4v) is 3.65. The molecular formula is C18H23NO4. The quantitative estimate of drug-likeness (QED) is 0.927. The van der Waals surface area contributed by atoms with Crippen molar-refractivity contribution in [1.29, 1.82) is 0 Å². The second-order valence-electron chi connectivity index (χ2n) is 6.53. The molecule has 5 nitrogen and oxygen atoms in total. The van der Waals surface area contributed by atoms with Gasteiger partial charge in [-0.1, -0.05) is 31.2 Å². The number of benzene rings is 1. The van der Waals surface area contributed by atoms with Crippen LogP contribution in [0.1, 0.15) is 30.9 Å². The summed E-state index contributed by atoms with van der Waals surface area (Å²) in [4.78, 5) is 26.2. The van der Waals surface area contributed by atoms with Gasteiger partial charge in [0.25, 0.3) is 0 Å². The lowest BCUT2D eigenvalue weighted by Crippen LogP contribution is -2.51. The van der Waals surface area contributed by atoms with Crippen molar-refractivity contribution in [2.24, 2.45) is 11.8 Å². The predicted molar refractivity (Wildman–Crippen MR) is 84.8 cm³/mol. The summed E-state index contributed by atoms with van der Waals surface area (Å²) in [5.74, 6) is -0.847. The maximum atomic E-state index is 12.9. The molecule has 2 aliphatic heterocycles. The molecule has 23 heavy (non-hydrogen) atoms. The molecule has 0 saturated carbocycles. The molecule has 1 saturated heterocycles. The van der Waals surface area contributed by atoms with E-state index in [-0.39, 0.29) is 17.7 Å². The van der Waals surface area contributed by atoms with Gasteiger partial charge in [0.2, 0.25) is 5.91 Å². The Morgan fingerprint density at radius 1 is 1.22 bits per heavy atom. The number of rotatable bonds is 3. The minimum atomic E-state index is -0.924. The van der Waals surface area contributed by atoms with Gasteiger partial charge in [0.1, 0.15) is 6.04 Å². The van der Waals surface area contributed by atoms with Gasteiger partial charge in [0.05, 0.1) is 0 Å². The van der Waals surface area contributed by atoms with Gasteiger partial charge in [0.15, 0.2) is 0 Å². The number of aliphatic carboxylic acids is 1. The Morgan fingerprint density at radius 3 is 2.52 bits per heavy atom. The van der Waals surface area contributed by atoms with E-state index in [1.54, 1.807) is 4.90 Å². The van der Waals surface area contributed by atoms with Gasteiger partial charge in [-0.05, 0) is 29.9 Å². The summed E-state index contributed by atoms with van der Waals surface area (Å²) >= 11 is 0. The number of amides is 1. The van der Waals surface area contributed by atoms with Crippen molar-refractivity contribution in [2.75, 3.05) is 13.2 Å². The van der Waals surface area contributed by atoms with E-state index in [0.717, 1.165) is 24.0 Å². The first-order valence-corrected chi connectivity index (χ1v) is 8.25. The van der Waals surface area contributed by atoms with Crippen LogP contribution < -0.4 is 0 Å². The van der Waals surface area contributed by atoms with Crippen molar-refractivity contribution in [3.63, 3.8) is 0 Å². The third kappa shape index (κ3) is 3.24. The van der Waals surface area contributed by atoms with Gasteiger partial charge >= 0.3 is 5.97 Å². The van der Waals surface area contributed by atoms with Crippen molar-refractivity contribution in [1.82, 2.24) is 4.90 Å². The molecule has 1 aromatic rings. The lowest BCUT2D eigenvalue weighted by Gasteiger charge is -2.38. The number of hydrogen-bond donors (Lipinski definition) is 1. The summed E-state index contributed by atoms with van der Waals surface area (Å²) in [6.45, 7) is 3.69. The van der Waals surface area contributed by atoms with E-state index in [2.05, 4.69) is 0 Å². The molecular weight excluding hydrogens is 294 g/mol. The highest BCUT2D eigenvalue weighted by molar-refractivity contribution is 5.86. The highest BCUT2D eigenvalue weighted by atomic mass is 16.5. The minimum absolute atomic E-state index is 0.0428. The van der Waals surface area contributed by atoms with Crippen LogP contribution in [0.4, 0.5) is 0 Å². The number of carboxylic acids is 1. The number of hydrogen-bond acceptors (Lipinski definition) is 3. The van der Waals surface area contributed by atoms with Crippen LogP contribution >= 0.6 is 0 Å². The van der Waals surface area contributed by atoms with Crippen LogP contribution in [0.5, 0.6) is 0 Å². The third-order valence-electron chi connectivity index (χ3n) is 5.18. The molecule has 0 bridgehead atoms. The van der Waals surface area contributed by atoms with E-state index < -0.39 is 12.0 Å². The molecule has 5 heteroatoms. The maximum absolute atomic E-state index is 12.9. The van der Waals surface area contributed by atoms with Gasteiger partial charge in [-0.3, -0.25) is 4.79 Å². The van der Waals surface area contributed by atoms with E-state index in [1.165, 1.54) is 0 Å². The lowest BCUT2D eigenvalue weighted by molar-refractivity contribution is -0.154. The Bertz CT molecular complexity index is 594. The van der Waals surface area contributed by atoms with E-state index in [4.69, 9.17) is 4.74 Å². The fraction of sp³-hybridized carbons (Fsp3) is 0.556. The Kier molecular flexibility index (Phi) is 4.66. The fourth-order valence-electron chi connectivity index (χ4n) is 3.65. The van der Waals surface area contributed by atoms with Gasteiger partial charge in [0, 0.05) is 32.1 Å². The number of carbonyl (C=O) groups is 2. The molecule has 2 heterocycles. The second kappa shape index (κ2) is 6.71. The average molecular weight is 317 g/mol. The Labute approximate surface area is 136 Å². The summed E-state index contributed by atoms with van der Waals surface area (Å²) in [5, 5.41) is 9.56. The minimum Gasteiger partial charge on any atom is -0.480 e. The maximum Gasteiger partial charge on any atom is 0.326 e. The Morgan fingerprint density at radius 2 is 1.87 bits per heavy atom. The molecule has 0 aromatic heterocycles. The van der Waals surface area contributed by atoms with Crippen LogP contribution in [0, 0.1) is 11.8 Å². The average Bonchev–Trinajstić information content (AvgIpc) is 2.60. The Hall–Kier alpha value is -1.88. The van der Waals surface area contributed by atoms with Crippen molar-refractivity contribution >= 4 is 11.9 Å². The number of carbonyl (C=O) groups excluding carboxylic acids is 1. The van der Waals surface area contributed by atoms with Crippen LogP contribution in [-0.4, -0.2) is 41.1 Å². The summed E-state index contributed by atoms with van der Waals surface area (Å²) in [6.07, 6.45) is 2.13. The van der Waals surface area contributed by atoms with E-state index in [9.17, 15) is 14.7 Å². The number of nitrogens with zero attached hydrogens (tertiary/aromatic N) is 1. The number of fused-ring (bicyclic) bond motifs is 1. The van der Waals surface area contributed by atoms with E-state index in [0.29, 0.717) is 26.2 Å². The zero-order chi connectivity index (χ0) is 16.4. The van der Waals surface area contributed by atoms with Crippen LogP contribution in [0.3, 0.4) is 0 Å². The zero-order valence-electron chi connectivity index (χ0n) is 13.4. The van der Waals surface area contributed by atoms with Gasteiger partial charge in [-0.2, -0.15) is 0 Å². The van der Waals surface area contributed by atoms with E-state index >= 15 is 0 Å². The predicted octanol–water partition coefficient (Wildman–Crippen LogP) is 2.09. The van der Waals surface area contributed by atoms with Gasteiger partial charge in [-0.15, -0.1) is 0 Å². The first-order chi connectivity index (χ1) is 11.1. The first kappa shape index (κ1) is 16.0. The smallest absolute Gasteiger partial charge is 0.326 e. The summed E-state index contributed by atoms with van der Waals surface area (Å²) in [7, 11) is 0. The van der Waals surface area contributed by atoms with E-state index in [1.807, 2.05) is 31.2 Å². The molecule has 2 aliphatic rings. The largest absolute Gasteiger partial charge is 0.480 e. The van der Waals surface area contributed by atoms with Crippen molar-refractivity contribution in [3.05, 3.63) is 35.4 Å². The molecule has 2 unspecified atom stereocenters. The van der Waals surface area contributed by atoms with Crippen LogP contribution in [-0.2, 0) is 27.3 Å². The molecule has 1 aromatic carbocycles. The van der Waals surface area contributed by atoms with Gasteiger partial charge in [-0.25, -0.2) is 4.79 Å². The molecule has 0 spiro atoms. The van der Waals surface area contributed by atoms with Crippen LogP contribution in [0.2, 0.25) is 0 Å². The normalized spacial score (nSPS) is 23.2. The van der Waals surface area contributed by atoms with Crippen molar-refractivity contribution in [2.45, 2.75) is 38.8 Å². The molecule has 1 fully saturated rings. The third-order valence-corrected chi connectivity index (χ3v) is 5.18. The molecule has 1 amide bonds. The highest BCUT2D eigenvalue weighted by Gasteiger charge is 2.38. The molecule has 3 rings (SSSR count). The molecule has 2 atom stereocenters. The second-order valence-corrected chi connectivity index (χ2v) is 6.53. The SMILES string of the molecule is CC(C(=O)N1Cc2ccccc2CC1C(=O)O)C1CCOCC1. The van der Waals surface area contributed by atoms with Crippen LogP contribution in [0.25, 0.3) is 0 Å². The molecule has 1 N–H and O–H groups in total. The lowest BCUT2D eigenvalue weighted by atomic mass is 9.85. The highest BCUT2D eigenvalue weighted by Crippen LogP contribution is 2.30. The molecule has 124 valence electrons. The summed E-state index contributed by atoms with van der Waals surface area (Å²) < 4.78 is 5.36. The number of ether oxygens (including phenoxy) is 1.